The molecule has 0 radical (unpaired) electrons. The summed E-state index contributed by atoms with van der Waals surface area (Å²) in [5, 5.41) is 5.54. The molecule has 2 amide bonds. The second kappa shape index (κ2) is 9.42. The van der Waals surface area contributed by atoms with E-state index in [-0.39, 0.29) is 11.5 Å². The normalized spacial score (nSPS) is 14.9. The van der Waals surface area contributed by atoms with Gasteiger partial charge in [-0.1, -0.05) is 41.9 Å². The molecule has 0 spiro atoms. The molecule has 0 saturated heterocycles. The van der Waals surface area contributed by atoms with Crippen molar-refractivity contribution in [3.63, 3.8) is 0 Å². The van der Waals surface area contributed by atoms with Crippen molar-refractivity contribution >= 4 is 40.8 Å². The Kier molecular flexibility index (Phi) is 6.42. The quantitative estimate of drug-likeness (QED) is 0.472. The largest absolute Gasteiger partial charge is 0.454 e. The maximum atomic E-state index is 14.7. The van der Waals surface area contributed by atoms with E-state index < -0.39 is 23.9 Å². The third-order valence-corrected chi connectivity index (χ3v) is 5.52. The third kappa shape index (κ3) is 5.21. The lowest BCUT2D eigenvalue weighted by Gasteiger charge is -2.23. The smallest absolute Gasteiger partial charge is 0.323 e. The molecule has 2 N–H and O–H groups in total. The highest BCUT2D eigenvalue weighted by Crippen LogP contribution is 2.30. The van der Waals surface area contributed by atoms with E-state index in [1.54, 1.807) is 42.5 Å². The number of benzene rings is 3. The van der Waals surface area contributed by atoms with Gasteiger partial charge in [0.2, 0.25) is 5.78 Å². The lowest BCUT2D eigenvalue weighted by Crippen LogP contribution is -2.31. The van der Waals surface area contributed by atoms with Crippen LogP contribution in [0.5, 0.6) is 0 Å². The molecule has 4 rings (SSSR count). The van der Waals surface area contributed by atoms with Crippen LogP contribution >= 0.6 is 11.6 Å². The maximum Gasteiger partial charge on any atom is 0.323 e. The first-order valence-electron chi connectivity index (χ1n) is 10.3. The number of amides is 2. The number of ketones is 1. The second-order valence-electron chi connectivity index (χ2n) is 7.66. The molecule has 1 atom stereocenters. The average molecular weight is 467 g/mol. The highest BCUT2D eigenvalue weighted by molar-refractivity contribution is 6.30. The molecular formula is C25H20ClFN2O4. The van der Waals surface area contributed by atoms with Crippen LogP contribution < -0.4 is 10.6 Å². The fraction of sp³-hybridized carbons (Fsp3) is 0.160. The molecule has 3 aromatic carbocycles. The second-order valence-corrected chi connectivity index (χ2v) is 8.09. The van der Waals surface area contributed by atoms with Crippen LogP contribution in [0.4, 0.5) is 20.6 Å². The Morgan fingerprint density at radius 1 is 1.03 bits per heavy atom. The lowest BCUT2D eigenvalue weighted by molar-refractivity contribution is -0.144. The molecule has 0 aliphatic heterocycles. The molecular weight excluding hydrogens is 447 g/mol. The number of Topliss-reactive ketones (excluding diaryl/α,β-unsaturated/α-hetero) is 1. The summed E-state index contributed by atoms with van der Waals surface area (Å²) in [6.45, 7) is 1.28. The zero-order valence-electron chi connectivity index (χ0n) is 17.7. The van der Waals surface area contributed by atoms with E-state index >= 15 is 0 Å². The molecule has 8 heteroatoms. The molecule has 33 heavy (non-hydrogen) atoms. The first kappa shape index (κ1) is 22.5. The standard InChI is InChI=1S/C25H20ClFN2O4/c1-14(30)33-23-10-7-17-11-15(5-8-20(17)24(23)31)16-6-9-22(21(27)12-16)29-25(32)28-19-4-2-3-18(26)13-19/h2-6,8-9,11-13,23H,7,10H2,1H3,(H2,28,29,32). The predicted octanol–water partition coefficient (Wildman–Crippen LogP) is 5.85. The van der Waals surface area contributed by atoms with Gasteiger partial charge in [0, 0.05) is 23.2 Å². The average Bonchev–Trinajstić information content (AvgIpc) is 2.76. The van der Waals surface area contributed by atoms with Gasteiger partial charge in [-0.25, -0.2) is 9.18 Å². The molecule has 1 unspecified atom stereocenters. The molecule has 0 saturated carbocycles. The summed E-state index contributed by atoms with van der Waals surface area (Å²) in [5.41, 5.74) is 3.18. The van der Waals surface area contributed by atoms with E-state index in [0.717, 1.165) is 11.1 Å². The van der Waals surface area contributed by atoms with Gasteiger partial charge in [-0.05, 0) is 59.9 Å². The van der Waals surface area contributed by atoms with Crippen molar-refractivity contribution in [3.05, 3.63) is 82.6 Å². The highest BCUT2D eigenvalue weighted by Gasteiger charge is 2.29. The van der Waals surface area contributed by atoms with Crippen molar-refractivity contribution < 1.29 is 23.5 Å². The lowest BCUT2D eigenvalue weighted by atomic mass is 9.86. The van der Waals surface area contributed by atoms with E-state index in [1.807, 2.05) is 6.07 Å². The van der Waals surface area contributed by atoms with Crippen molar-refractivity contribution in [1.82, 2.24) is 0 Å². The minimum atomic E-state index is -0.762. The van der Waals surface area contributed by atoms with Crippen LogP contribution in [0.1, 0.15) is 29.3 Å². The molecule has 6 nitrogen and oxygen atoms in total. The van der Waals surface area contributed by atoms with Crippen molar-refractivity contribution in [2.45, 2.75) is 25.9 Å². The Bertz CT molecular complexity index is 1260. The van der Waals surface area contributed by atoms with Gasteiger partial charge in [-0.2, -0.15) is 0 Å². The number of fused-ring (bicyclic) bond motifs is 1. The van der Waals surface area contributed by atoms with Crippen molar-refractivity contribution in [1.29, 1.82) is 0 Å². The fourth-order valence-electron chi connectivity index (χ4n) is 3.77. The number of nitrogens with one attached hydrogen (secondary N) is 2. The molecule has 0 bridgehead atoms. The monoisotopic (exact) mass is 466 g/mol. The van der Waals surface area contributed by atoms with Crippen LogP contribution in [0.15, 0.2) is 60.7 Å². The summed E-state index contributed by atoms with van der Waals surface area (Å²) >= 11 is 5.90. The first-order chi connectivity index (χ1) is 15.8. The topological polar surface area (TPSA) is 84.5 Å². The Labute approximate surface area is 194 Å². The van der Waals surface area contributed by atoms with Crippen molar-refractivity contribution in [2.75, 3.05) is 10.6 Å². The molecule has 1 aliphatic carbocycles. The van der Waals surface area contributed by atoms with Gasteiger partial charge in [-0.3, -0.25) is 9.59 Å². The van der Waals surface area contributed by atoms with Gasteiger partial charge in [0.15, 0.2) is 6.10 Å². The van der Waals surface area contributed by atoms with E-state index in [2.05, 4.69) is 10.6 Å². The Morgan fingerprint density at radius 3 is 2.52 bits per heavy atom. The van der Waals surface area contributed by atoms with Gasteiger partial charge < -0.3 is 15.4 Å². The van der Waals surface area contributed by atoms with E-state index in [4.69, 9.17) is 16.3 Å². The fourth-order valence-corrected chi connectivity index (χ4v) is 3.96. The summed E-state index contributed by atoms with van der Waals surface area (Å²) in [6, 6.07) is 15.7. The van der Waals surface area contributed by atoms with Crippen LogP contribution in [0, 0.1) is 5.82 Å². The minimum absolute atomic E-state index is 0.0237. The van der Waals surface area contributed by atoms with E-state index in [9.17, 15) is 18.8 Å². The predicted molar refractivity (Wildman–Crippen MR) is 124 cm³/mol. The first-order valence-corrected chi connectivity index (χ1v) is 10.7. The number of anilines is 2. The number of carbonyl (C=O) groups excluding carboxylic acids is 3. The number of aryl methyl sites for hydroxylation is 1. The number of esters is 1. The summed E-state index contributed by atoms with van der Waals surface area (Å²) in [5.74, 6) is -1.31. The van der Waals surface area contributed by atoms with E-state index in [0.29, 0.717) is 34.7 Å². The molecule has 168 valence electrons. The van der Waals surface area contributed by atoms with Crippen LogP contribution in [-0.4, -0.2) is 23.9 Å². The molecule has 0 aromatic heterocycles. The number of carbonyl (C=O) groups is 3. The number of urea groups is 1. The van der Waals surface area contributed by atoms with Gasteiger partial charge in [0.25, 0.3) is 0 Å². The van der Waals surface area contributed by atoms with Crippen LogP contribution in [0.25, 0.3) is 11.1 Å². The molecule has 3 aromatic rings. The summed E-state index contributed by atoms with van der Waals surface area (Å²) in [6.07, 6.45) is 0.216. The minimum Gasteiger partial charge on any atom is -0.454 e. The number of hydrogen-bond donors (Lipinski definition) is 2. The maximum absolute atomic E-state index is 14.7. The van der Waals surface area contributed by atoms with Gasteiger partial charge in [-0.15, -0.1) is 0 Å². The Morgan fingerprint density at radius 2 is 1.79 bits per heavy atom. The zero-order chi connectivity index (χ0) is 23.5. The molecule has 0 heterocycles. The van der Waals surface area contributed by atoms with Crippen molar-refractivity contribution in [3.8, 4) is 11.1 Å². The summed E-state index contributed by atoms with van der Waals surface area (Å²) < 4.78 is 19.8. The molecule has 1 aliphatic rings. The Balaban J connectivity index is 1.48. The third-order valence-electron chi connectivity index (χ3n) is 5.28. The zero-order valence-corrected chi connectivity index (χ0v) is 18.4. The van der Waals surface area contributed by atoms with Gasteiger partial charge in [0.1, 0.15) is 5.82 Å². The van der Waals surface area contributed by atoms with Crippen LogP contribution in [0.2, 0.25) is 5.02 Å². The van der Waals surface area contributed by atoms with E-state index in [1.165, 1.54) is 19.1 Å². The number of halogens is 2. The van der Waals surface area contributed by atoms with Crippen LogP contribution in [-0.2, 0) is 16.0 Å². The number of ether oxygens (including phenoxy) is 1. The van der Waals surface area contributed by atoms with Crippen LogP contribution in [0.3, 0.4) is 0 Å². The summed E-state index contributed by atoms with van der Waals surface area (Å²) in [7, 11) is 0. The summed E-state index contributed by atoms with van der Waals surface area (Å²) in [4.78, 5) is 35.9. The highest BCUT2D eigenvalue weighted by atomic mass is 35.5. The van der Waals surface area contributed by atoms with Gasteiger partial charge in [0.05, 0.1) is 5.69 Å². The van der Waals surface area contributed by atoms with Gasteiger partial charge >= 0.3 is 12.0 Å². The SMILES string of the molecule is CC(=O)OC1CCc2cc(-c3ccc(NC(=O)Nc4cccc(Cl)c4)c(F)c3)ccc2C1=O. The van der Waals surface area contributed by atoms with Crippen molar-refractivity contribution in [2.24, 2.45) is 0 Å². The number of hydrogen-bond acceptors (Lipinski definition) is 4. The number of rotatable bonds is 4. The molecule has 0 fully saturated rings. The Hall–Kier alpha value is -3.71.